The van der Waals surface area contributed by atoms with Crippen molar-refractivity contribution in [3.05, 3.63) is 54.4 Å². The zero-order valence-corrected chi connectivity index (χ0v) is 16.6. The van der Waals surface area contributed by atoms with Crippen LogP contribution in [0.2, 0.25) is 0 Å². The lowest BCUT2D eigenvalue weighted by Crippen LogP contribution is -2.36. The maximum Gasteiger partial charge on any atom is 0.260 e. The number of morpholine rings is 1. The van der Waals surface area contributed by atoms with Crippen LogP contribution in [0, 0.1) is 0 Å². The average Bonchev–Trinajstić information content (AvgIpc) is 3.26. The Kier molecular flexibility index (Phi) is 5.06. The van der Waals surface area contributed by atoms with E-state index < -0.39 is 0 Å². The van der Waals surface area contributed by atoms with Gasteiger partial charge in [0.1, 0.15) is 17.3 Å². The minimum Gasteiger partial charge on any atom is -0.493 e. The predicted octanol–water partition coefficient (Wildman–Crippen LogP) is 2.82. The van der Waals surface area contributed by atoms with E-state index in [1.54, 1.807) is 12.3 Å². The second-order valence-electron chi connectivity index (χ2n) is 7.29. The van der Waals surface area contributed by atoms with Crippen LogP contribution in [0.25, 0.3) is 11.5 Å². The van der Waals surface area contributed by atoms with Crippen molar-refractivity contribution in [3.63, 3.8) is 0 Å². The van der Waals surface area contributed by atoms with Crippen LogP contribution in [0.3, 0.4) is 0 Å². The number of hydrogen-bond donors (Lipinski definition) is 1. The first-order valence-electron chi connectivity index (χ1n) is 10.2. The Morgan fingerprint density at radius 1 is 1.03 bits per heavy atom. The molecule has 30 heavy (non-hydrogen) atoms. The number of aromatic nitrogens is 3. The van der Waals surface area contributed by atoms with Gasteiger partial charge in [-0.05, 0) is 36.8 Å². The Hall–Kier alpha value is -3.39. The van der Waals surface area contributed by atoms with Gasteiger partial charge < -0.3 is 24.3 Å². The fourth-order valence-electron chi connectivity index (χ4n) is 3.79. The molecule has 0 radical (unpaired) electrons. The summed E-state index contributed by atoms with van der Waals surface area (Å²) in [5, 5.41) is 2.92. The largest absolute Gasteiger partial charge is 0.493 e. The fourth-order valence-corrected chi connectivity index (χ4v) is 3.79. The third-order valence-electron chi connectivity index (χ3n) is 5.32. The van der Waals surface area contributed by atoms with Crippen LogP contribution >= 0.6 is 0 Å². The quantitative estimate of drug-likeness (QED) is 0.671. The third-order valence-corrected chi connectivity index (χ3v) is 5.32. The van der Waals surface area contributed by atoms with Gasteiger partial charge in [-0.25, -0.2) is 9.97 Å². The Morgan fingerprint density at radius 3 is 2.83 bits per heavy atom. The van der Waals surface area contributed by atoms with Gasteiger partial charge in [-0.1, -0.05) is 6.07 Å². The summed E-state index contributed by atoms with van der Waals surface area (Å²) >= 11 is 0. The molecule has 0 saturated carbocycles. The molecule has 0 unspecified atom stereocenters. The van der Waals surface area contributed by atoms with E-state index in [1.165, 1.54) is 0 Å². The molecule has 2 aromatic heterocycles. The van der Waals surface area contributed by atoms with Gasteiger partial charge in [0.25, 0.3) is 5.91 Å². The van der Waals surface area contributed by atoms with E-state index in [4.69, 9.17) is 9.47 Å². The Balaban J connectivity index is 1.50. The van der Waals surface area contributed by atoms with Gasteiger partial charge in [-0.15, -0.1) is 0 Å². The van der Waals surface area contributed by atoms with Crippen molar-refractivity contribution in [2.75, 3.05) is 43.1 Å². The maximum absolute atomic E-state index is 13.1. The summed E-state index contributed by atoms with van der Waals surface area (Å²) in [7, 11) is 0. The molecule has 2 aliphatic heterocycles. The molecular weight excluding hydrogens is 382 g/mol. The molecule has 0 aliphatic carbocycles. The lowest BCUT2D eigenvalue weighted by atomic mass is 10.1. The van der Waals surface area contributed by atoms with E-state index in [9.17, 15) is 4.79 Å². The van der Waals surface area contributed by atoms with Crippen LogP contribution in [0.4, 0.5) is 11.5 Å². The molecule has 1 saturated heterocycles. The van der Waals surface area contributed by atoms with Crippen LogP contribution in [0.1, 0.15) is 16.8 Å². The van der Waals surface area contributed by atoms with Crippen molar-refractivity contribution in [2.45, 2.75) is 13.0 Å². The molecule has 2 aliphatic rings. The number of fused-ring (bicyclic) bond motifs is 5. The van der Waals surface area contributed by atoms with Crippen molar-refractivity contribution in [1.29, 1.82) is 0 Å². The predicted molar refractivity (Wildman–Crippen MR) is 113 cm³/mol. The number of hydrogen-bond acceptors (Lipinski definition) is 6. The summed E-state index contributed by atoms with van der Waals surface area (Å²) in [6.07, 6.45) is 4.48. The topological polar surface area (TPSA) is 81.5 Å². The Morgan fingerprint density at radius 2 is 1.93 bits per heavy atom. The van der Waals surface area contributed by atoms with E-state index in [2.05, 4.69) is 24.8 Å². The lowest BCUT2D eigenvalue weighted by Gasteiger charge is -2.29. The molecule has 0 atom stereocenters. The van der Waals surface area contributed by atoms with Gasteiger partial charge in [0, 0.05) is 37.7 Å². The maximum atomic E-state index is 13.1. The number of ether oxygens (including phenoxy) is 2. The number of benzene rings is 1. The Labute approximate surface area is 174 Å². The van der Waals surface area contributed by atoms with Gasteiger partial charge in [0.2, 0.25) is 0 Å². The first kappa shape index (κ1) is 18.6. The Bertz CT molecular complexity index is 1060. The SMILES string of the molecule is O=C1Nc2cccc(n2)-c2nccn2CCCOc2ccc(N3CCOCC3)cc21. The minimum absolute atomic E-state index is 0.243. The van der Waals surface area contributed by atoms with Crippen LogP contribution in [-0.4, -0.2) is 53.4 Å². The molecule has 0 spiro atoms. The van der Waals surface area contributed by atoms with E-state index in [0.29, 0.717) is 37.0 Å². The molecule has 2 bridgehead atoms. The summed E-state index contributed by atoms with van der Waals surface area (Å²) in [6, 6.07) is 11.3. The van der Waals surface area contributed by atoms with Crippen molar-refractivity contribution in [2.24, 2.45) is 0 Å². The number of anilines is 2. The molecule has 8 heteroatoms. The molecule has 1 aromatic carbocycles. The number of aryl methyl sites for hydroxylation is 1. The van der Waals surface area contributed by atoms with E-state index in [1.807, 2.05) is 36.5 Å². The zero-order chi connectivity index (χ0) is 20.3. The van der Waals surface area contributed by atoms with Crippen molar-refractivity contribution in [3.8, 4) is 17.3 Å². The van der Waals surface area contributed by atoms with Crippen molar-refractivity contribution < 1.29 is 14.3 Å². The molecule has 5 rings (SSSR count). The normalized spacial score (nSPS) is 16.8. The number of pyridine rings is 1. The molecule has 8 nitrogen and oxygen atoms in total. The average molecular weight is 405 g/mol. The van der Waals surface area contributed by atoms with Gasteiger partial charge in [-0.3, -0.25) is 4.79 Å². The number of nitrogens with one attached hydrogen (secondary N) is 1. The highest BCUT2D eigenvalue weighted by Gasteiger charge is 2.19. The molecule has 1 N–H and O–H groups in total. The summed E-state index contributed by atoms with van der Waals surface area (Å²) in [5.74, 6) is 1.59. The second-order valence-corrected chi connectivity index (χ2v) is 7.29. The van der Waals surface area contributed by atoms with Crippen LogP contribution in [0.15, 0.2) is 48.8 Å². The molecule has 1 fully saturated rings. The highest BCUT2D eigenvalue weighted by molar-refractivity contribution is 6.06. The van der Waals surface area contributed by atoms with Crippen LogP contribution < -0.4 is 15.0 Å². The number of carbonyl (C=O) groups is 1. The van der Waals surface area contributed by atoms with Gasteiger partial charge in [0.15, 0.2) is 5.82 Å². The molecule has 4 heterocycles. The van der Waals surface area contributed by atoms with Gasteiger partial charge in [0.05, 0.1) is 25.4 Å². The molecule has 1 amide bonds. The van der Waals surface area contributed by atoms with Crippen molar-refractivity contribution in [1.82, 2.24) is 14.5 Å². The number of carbonyl (C=O) groups excluding carboxylic acids is 1. The number of imidazole rings is 1. The van der Waals surface area contributed by atoms with E-state index in [0.717, 1.165) is 43.3 Å². The fraction of sp³-hybridized carbons (Fsp3) is 0.318. The summed E-state index contributed by atoms with van der Waals surface area (Å²) in [6.45, 7) is 4.23. The number of amides is 1. The minimum atomic E-state index is -0.243. The van der Waals surface area contributed by atoms with E-state index in [-0.39, 0.29) is 5.91 Å². The van der Waals surface area contributed by atoms with Gasteiger partial charge in [-0.2, -0.15) is 0 Å². The van der Waals surface area contributed by atoms with Crippen LogP contribution in [0.5, 0.6) is 5.75 Å². The third kappa shape index (κ3) is 3.73. The lowest BCUT2D eigenvalue weighted by molar-refractivity contribution is 0.102. The van der Waals surface area contributed by atoms with Crippen LogP contribution in [-0.2, 0) is 11.3 Å². The highest BCUT2D eigenvalue weighted by Crippen LogP contribution is 2.28. The number of nitrogens with zero attached hydrogens (tertiary/aromatic N) is 4. The highest BCUT2D eigenvalue weighted by atomic mass is 16.5. The summed E-state index contributed by atoms with van der Waals surface area (Å²) in [5.41, 5.74) is 2.21. The standard InChI is InChI=1S/C22H23N5O3/c28-22-17-15-16(26-10-13-29-14-11-26)5-6-19(17)30-12-2-8-27-9-7-23-21(27)18-3-1-4-20(24-18)25-22/h1,3-7,9,15H,2,8,10-14H2,(H,24,25,28). The molecule has 154 valence electrons. The zero-order valence-electron chi connectivity index (χ0n) is 16.6. The molecule has 3 aromatic rings. The second kappa shape index (κ2) is 8.16. The molecular formula is C22H23N5O3. The first-order valence-corrected chi connectivity index (χ1v) is 10.2. The smallest absolute Gasteiger partial charge is 0.260 e. The van der Waals surface area contributed by atoms with Crippen molar-refractivity contribution >= 4 is 17.4 Å². The summed E-state index contributed by atoms with van der Waals surface area (Å²) < 4.78 is 13.5. The van der Waals surface area contributed by atoms with E-state index >= 15 is 0 Å². The number of rotatable bonds is 1. The first-order chi connectivity index (χ1) is 14.8. The van der Waals surface area contributed by atoms with Gasteiger partial charge >= 0.3 is 0 Å². The summed E-state index contributed by atoms with van der Waals surface area (Å²) in [4.78, 5) is 24.4. The monoisotopic (exact) mass is 405 g/mol.